The summed E-state index contributed by atoms with van der Waals surface area (Å²) in [5.74, 6) is -3.74. The average Bonchev–Trinajstić information content (AvgIpc) is 2.41. The maximum Gasteiger partial charge on any atom is 0.257 e. The van der Waals surface area contributed by atoms with Crippen LogP contribution in [0, 0.1) is 17.6 Å². The number of pyridine rings is 1. The molecule has 0 N–H and O–H groups in total. The molecule has 0 spiro atoms. The Morgan fingerprint density at radius 3 is 2.70 bits per heavy atom. The molecule has 1 amide bonds. The van der Waals surface area contributed by atoms with Gasteiger partial charge in [0.25, 0.3) is 5.91 Å². The molecule has 0 fully saturated rings. The van der Waals surface area contributed by atoms with Gasteiger partial charge in [-0.25, -0.2) is 13.8 Å². The number of carbonyl (C=O) groups is 1. The largest absolute Gasteiger partial charge is 0.337 e. The van der Waals surface area contributed by atoms with Crippen molar-refractivity contribution in [2.24, 2.45) is 0 Å². The van der Waals surface area contributed by atoms with Crippen LogP contribution in [0.25, 0.3) is 0 Å². The third-order valence-corrected chi connectivity index (χ3v) is 2.73. The Labute approximate surface area is 113 Å². The van der Waals surface area contributed by atoms with E-state index in [-0.39, 0.29) is 6.54 Å². The van der Waals surface area contributed by atoms with Crippen LogP contribution in [0.2, 0.25) is 0 Å². The summed E-state index contributed by atoms with van der Waals surface area (Å²) >= 11 is 0. The molecule has 1 aromatic carbocycles. The first-order valence-electron chi connectivity index (χ1n) is 5.79. The van der Waals surface area contributed by atoms with Crippen molar-refractivity contribution in [1.29, 1.82) is 0 Å². The van der Waals surface area contributed by atoms with Crippen LogP contribution >= 0.6 is 0 Å². The second-order valence-corrected chi connectivity index (χ2v) is 4.25. The number of hydrogen-bond acceptors (Lipinski definition) is 2. The number of nitrogens with zero attached hydrogens (tertiary/aromatic N) is 2. The lowest BCUT2D eigenvalue weighted by atomic mass is 10.2. The van der Waals surface area contributed by atoms with Crippen molar-refractivity contribution in [3.63, 3.8) is 0 Å². The van der Waals surface area contributed by atoms with Crippen LogP contribution in [0.3, 0.4) is 0 Å². The van der Waals surface area contributed by atoms with Gasteiger partial charge in [0, 0.05) is 19.8 Å². The molecule has 0 aliphatic heterocycles. The Hall–Kier alpha value is -2.37. The molecule has 2 rings (SSSR count). The second kappa shape index (κ2) is 5.73. The van der Waals surface area contributed by atoms with Crippen molar-refractivity contribution in [3.05, 3.63) is 65.2 Å². The van der Waals surface area contributed by atoms with E-state index in [1.165, 1.54) is 30.1 Å². The number of aromatic nitrogens is 1. The summed E-state index contributed by atoms with van der Waals surface area (Å²) in [6.07, 6.45) is 1.02. The molecular formula is C14H11F3N2O. The second-order valence-electron chi connectivity index (χ2n) is 4.25. The summed E-state index contributed by atoms with van der Waals surface area (Å²) in [5.41, 5.74) is 0.146. The molecule has 0 saturated carbocycles. The average molecular weight is 280 g/mol. The smallest absolute Gasteiger partial charge is 0.257 e. The summed E-state index contributed by atoms with van der Waals surface area (Å²) in [7, 11) is 1.42. The molecule has 104 valence electrons. The molecule has 3 nitrogen and oxygen atoms in total. The molecule has 0 atom stereocenters. The van der Waals surface area contributed by atoms with Crippen LogP contribution in [0.1, 0.15) is 15.9 Å². The van der Waals surface area contributed by atoms with Gasteiger partial charge in [0.15, 0.2) is 5.82 Å². The molecule has 1 heterocycles. The van der Waals surface area contributed by atoms with Crippen LogP contribution in [-0.2, 0) is 6.54 Å². The van der Waals surface area contributed by atoms with E-state index >= 15 is 0 Å². The van der Waals surface area contributed by atoms with Gasteiger partial charge in [-0.15, -0.1) is 0 Å². The molecule has 2 aromatic rings. The normalized spacial score (nSPS) is 10.4. The zero-order valence-electron chi connectivity index (χ0n) is 10.6. The Balaban J connectivity index is 2.19. The fourth-order valence-electron chi connectivity index (χ4n) is 1.77. The number of rotatable bonds is 3. The summed E-state index contributed by atoms with van der Waals surface area (Å²) < 4.78 is 39.5. The number of amides is 1. The topological polar surface area (TPSA) is 33.2 Å². The van der Waals surface area contributed by atoms with Gasteiger partial charge < -0.3 is 4.90 Å². The molecule has 20 heavy (non-hydrogen) atoms. The predicted molar refractivity (Wildman–Crippen MR) is 66.4 cm³/mol. The molecule has 0 unspecified atom stereocenters. The lowest BCUT2D eigenvalue weighted by Crippen LogP contribution is -2.27. The summed E-state index contributed by atoms with van der Waals surface area (Å²) in [4.78, 5) is 16.3. The zero-order chi connectivity index (χ0) is 14.7. The van der Waals surface area contributed by atoms with Gasteiger partial charge in [0.1, 0.15) is 5.82 Å². The Morgan fingerprint density at radius 1 is 1.25 bits per heavy atom. The molecule has 1 aromatic heterocycles. The first-order chi connectivity index (χ1) is 9.49. The third-order valence-electron chi connectivity index (χ3n) is 2.73. The Morgan fingerprint density at radius 2 is 2.00 bits per heavy atom. The summed E-state index contributed by atoms with van der Waals surface area (Å²) in [6, 6.07) is 6.80. The van der Waals surface area contributed by atoms with E-state index in [0.717, 1.165) is 12.3 Å². The van der Waals surface area contributed by atoms with Crippen LogP contribution in [0.4, 0.5) is 13.2 Å². The van der Waals surface area contributed by atoms with Crippen molar-refractivity contribution in [1.82, 2.24) is 9.88 Å². The SMILES string of the molecule is CN(Cc1cccc(F)c1)C(=O)c1ccnc(F)c1F. The lowest BCUT2D eigenvalue weighted by molar-refractivity contribution is 0.0778. The van der Waals surface area contributed by atoms with Gasteiger partial charge in [-0.05, 0) is 23.8 Å². The van der Waals surface area contributed by atoms with Crippen LogP contribution in [0.5, 0.6) is 0 Å². The van der Waals surface area contributed by atoms with Crippen molar-refractivity contribution in [3.8, 4) is 0 Å². The van der Waals surface area contributed by atoms with Crippen molar-refractivity contribution in [2.75, 3.05) is 7.05 Å². The van der Waals surface area contributed by atoms with E-state index in [1.807, 2.05) is 0 Å². The minimum Gasteiger partial charge on any atom is -0.337 e. The van der Waals surface area contributed by atoms with Gasteiger partial charge >= 0.3 is 0 Å². The van der Waals surface area contributed by atoms with Gasteiger partial charge in [-0.2, -0.15) is 4.39 Å². The van der Waals surface area contributed by atoms with E-state index in [9.17, 15) is 18.0 Å². The first-order valence-corrected chi connectivity index (χ1v) is 5.79. The lowest BCUT2D eigenvalue weighted by Gasteiger charge is -2.17. The van der Waals surface area contributed by atoms with Crippen molar-refractivity contribution >= 4 is 5.91 Å². The fourth-order valence-corrected chi connectivity index (χ4v) is 1.77. The highest BCUT2D eigenvalue weighted by atomic mass is 19.2. The number of hydrogen-bond donors (Lipinski definition) is 0. The van der Waals surface area contributed by atoms with Crippen LogP contribution < -0.4 is 0 Å². The molecule has 0 radical (unpaired) electrons. The van der Waals surface area contributed by atoms with E-state index in [4.69, 9.17) is 0 Å². The predicted octanol–water partition coefficient (Wildman–Crippen LogP) is 2.77. The zero-order valence-corrected chi connectivity index (χ0v) is 10.6. The number of benzene rings is 1. The minimum atomic E-state index is -1.32. The van der Waals surface area contributed by atoms with Crippen molar-refractivity contribution < 1.29 is 18.0 Å². The Bertz CT molecular complexity index is 646. The van der Waals surface area contributed by atoms with Gasteiger partial charge in [-0.3, -0.25) is 4.79 Å². The highest BCUT2D eigenvalue weighted by Gasteiger charge is 2.19. The van der Waals surface area contributed by atoms with E-state index in [1.54, 1.807) is 6.07 Å². The van der Waals surface area contributed by atoms with E-state index < -0.39 is 29.1 Å². The first kappa shape index (κ1) is 14.0. The number of carbonyl (C=O) groups excluding carboxylic acids is 1. The molecule has 0 bridgehead atoms. The maximum atomic E-state index is 13.5. The van der Waals surface area contributed by atoms with Crippen LogP contribution in [-0.4, -0.2) is 22.8 Å². The monoisotopic (exact) mass is 280 g/mol. The van der Waals surface area contributed by atoms with Crippen LogP contribution in [0.15, 0.2) is 36.5 Å². The third kappa shape index (κ3) is 2.96. The fraction of sp³-hybridized carbons (Fsp3) is 0.143. The van der Waals surface area contributed by atoms with Gasteiger partial charge in [0.2, 0.25) is 5.95 Å². The van der Waals surface area contributed by atoms with Gasteiger partial charge in [0.05, 0.1) is 5.56 Å². The maximum absolute atomic E-state index is 13.5. The molecule has 0 aliphatic carbocycles. The van der Waals surface area contributed by atoms with Crippen molar-refractivity contribution in [2.45, 2.75) is 6.54 Å². The molecular weight excluding hydrogens is 269 g/mol. The summed E-state index contributed by atoms with van der Waals surface area (Å²) in [5, 5.41) is 0. The highest BCUT2D eigenvalue weighted by Crippen LogP contribution is 2.13. The van der Waals surface area contributed by atoms with E-state index in [2.05, 4.69) is 4.98 Å². The van der Waals surface area contributed by atoms with E-state index in [0.29, 0.717) is 5.56 Å². The number of halogens is 3. The molecule has 0 aliphatic rings. The quantitative estimate of drug-likeness (QED) is 0.810. The summed E-state index contributed by atoms with van der Waals surface area (Å²) in [6.45, 7) is 0.0833. The molecule has 6 heteroatoms. The Kier molecular flexibility index (Phi) is 4.02. The standard InChI is InChI=1S/C14H11F3N2O/c1-19(8-9-3-2-4-10(15)7-9)14(20)11-5-6-18-13(17)12(11)16/h2-7H,8H2,1H3. The highest BCUT2D eigenvalue weighted by molar-refractivity contribution is 5.94. The molecule has 0 saturated heterocycles. The van der Waals surface area contributed by atoms with Gasteiger partial charge in [-0.1, -0.05) is 12.1 Å². The minimum absolute atomic E-state index is 0.0833.